The fourth-order valence-electron chi connectivity index (χ4n) is 3.93. The number of piperidine rings is 1. The van der Waals surface area contributed by atoms with Crippen LogP contribution < -0.4 is 10.1 Å². The first-order chi connectivity index (χ1) is 14.7. The molecule has 0 spiro atoms. The maximum Gasteiger partial charge on any atom is 0.228 e. The molecular formula is C25H27N3O2. The Morgan fingerprint density at radius 3 is 2.73 bits per heavy atom. The molecule has 0 unspecified atom stereocenters. The maximum atomic E-state index is 12.8. The standard InChI is InChI=1S/C25H27N3O2/c1-30-24-9-4-6-20(16-24)19-10-12-22(13-11-19)27-25(29)21-7-5-15-28(17-21)18-23-8-2-3-14-26-23/h2-4,6,8-14,16,21H,5,7,15,17-18H2,1H3,(H,27,29)/t21-/m1/s1. The smallest absolute Gasteiger partial charge is 0.228 e. The summed E-state index contributed by atoms with van der Waals surface area (Å²) in [5.41, 5.74) is 4.05. The molecule has 1 saturated heterocycles. The summed E-state index contributed by atoms with van der Waals surface area (Å²) in [5, 5.41) is 3.09. The second kappa shape index (κ2) is 9.55. The highest BCUT2D eigenvalue weighted by Crippen LogP contribution is 2.26. The number of hydrogen-bond donors (Lipinski definition) is 1. The van der Waals surface area contributed by atoms with Gasteiger partial charge in [0.1, 0.15) is 5.75 Å². The second-order valence-corrected chi connectivity index (χ2v) is 7.69. The molecule has 0 radical (unpaired) electrons. The first kappa shape index (κ1) is 20.1. The van der Waals surface area contributed by atoms with E-state index in [0.29, 0.717) is 0 Å². The van der Waals surface area contributed by atoms with E-state index in [1.165, 1.54) is 0 Å². The van der Waals surface area contributed by atoms with Gasteiger partial charge in [-0.1, -0.05) is 30.3 Å². The van der Waals surface area contributed by atoms with E-state index in [0.717, 1.165) is 60.7 Å². The van der Waals surface area contributed by atoms with Gasteiger partial charge in [0.2, 0.25) is 5.91 Å². The zero-order valence-electron chi connectivity index (χ0n) is 17.3. The van der Waals surface area contributed by atoms with E-state index in [2.05, 4.69) is 15.2 Å². The van der Waals surface area contributed by atoms with Crippen LogP contribution in [0.5, 0.6) is 5.75 Å². The van der Waals surface area contributed by atoms with E-state index in [9.17, 15) is 4.79 Å². The number of methoxy groups -OCH3 is 1. The van der Waals surface area contributed by atoms with Gasteiger partial charge in [0, 0.05) is 25.0 Å². The second-order valence-electron chi connectivity index (χ2n) is 7.69. The summed E-state index contributed by atoms with van der Waals surface area (Å²) in [6, 6.07) is 21.9. The molecule has 1 fully saturated rings. The minimum atomic E-state index is 0.000485. The maximum absolute atomic E-state index is 12.8. The highest BCUT2D eigenvalue weighted by Gasteiger charge is 2.26. The Hall–Kier alpha value is -3.18. The highest BCUT2D eigenvalue weighted by atomic mass is 16.5. The van der Waals surface area contributed by atoms with Gasteiger partial charge in [-0.05, 0) is 66.9 Å². The summed E-state index contributed by atoms with van der Waals surface area (Å²) < 4.78 is 5.30. The molecule has 1 aliphatic rings. The number of nitrogens with zero attached hydrogens (tertiary/aromatic N) is 2. The van der Waals surface area contributed by atoms with Gasteiger partial charge in [0.15, 0.2) is 0 Å². The van der Waals surface area contributed by atoms with Crippen molar-refractivity contribution in [1.29, 1.82) is 0 Å². The van der Waals surface area contributed by atoms with Crippen molar-refractivity contribution in [3.8, 4) is 16.9 Å². The summed E-state index contributed by atoms with van der Waals surface area (Å²) in [7, 11) is 1.67. The summed E-state index contributed by atoms with van der Waals surface area (Å²) >= 11 is 0. The molecule has 2 heterocycles. The number of carbonyl (C=O) groups is 1. The van der Waals surface area contributed by atoms with E-state index < -0.39 is 0 Å². The number of carbonyl (C=O) groups excluding carboxylic acids is 1. The van der Waals surface area contributed by atoms with E-state index >= 15 is 0 Å². The Morgan fingerprint density at radius 2 is 1.97 bits per heavy atom. The normalized spacial score (nSPS) is 16.8. The van der Waals surface area contributed by atoms with Gasteiger partial charge in [-0.3, -0.25) is 14.7 Å². The van der Waals surface area contributed by atoms with Crippen LogP contribution in [0.15, 0.2) is 72.9 Å². The number of hydrogen-bond acceptors (Lipinski definition) is 4. The number of likely N-dealkylation sites (tertiary alicyclic amines) is 1. The Balaban J connectivity index is 1.36. The summed E-state index contributed by atoms with van der Waals surface area (Å²) in [4.78, 5) is 19.6. The van der Waals surface area contributed by atoms with Crippen molar-refractivity contribution < 1.29 is 9.53 Å². The summed E-state index contributed by atoms with van der Waals surface area (Å²) in [6.07, 6.45) is 3.77. The lowest BCUT2D eigenvalue weighted by atomic mass is 9.96. The lowest BCUT2D eigenvalue weighted by molar-refractivity contribution is -0.121. The fraction of sp³-hybridized carbons (Fsp3) is 0.280. The van der Waals surface area contributed by atoms with Crippen molar-refractivity contribution in [1.82, 2.24) is 9.88 Å². The number of nitrogens with one attached hydrogen (secondary N) is 1. The van der Waals surface area contributed by atoms with Crippen molar-refractivity contribution in [2.45, 2.75) is 19.4 Å². The van der Waals surface area contributed by atoms with Crippen molar-refractivity contribution >= 4 is 11.6 Å². The predicted molar refractivity (Wildman–Crippen MR) is 119 cm³/mol. The first-order valence-corrected chi connectivity index (χ1v) is 10.4. The molecule has 5 nitrogen and oxygen atoms in total. The number of aromatic nitrogens is 1. The summed E-state index contributed by atoms with van der Waals surface area (Å²) in [5.74, 6) is 0.924. The molecule has 1 aliphatic heterocycles. The fourth-order valence-corrected chi connectivity index (χ4v) is 3.93. The lowest BCUT2D eigenvalue weighted by Crippen LogP contribution is -2.40. The van der Waals surface area contributed by atoms with Gasteiger partial charge in [-0.2, -0.15) is 0 Å². The molecule has 1 amide bonds. The van der Waals surface area contributed by atoms with Crippen molar-refractivity contribution in [2.24, 2.45) is 5.92 Å². The van der Waals surface area contributed by atoms with Gasteiger partial charge in [0.05, 0.1) is 18.7 Å². The van der Waals surface area contributed by atoms with Crippen molar-refractivity contribution in [3.63, 3.8) is 0 Å². The molecular weight excluding hydrogens is 374 g/mol. The van der Waals surface area contributed by atoms with Crippen LogP contribution in [0.25, 0.3) is 11.1 Å². The van der Waals surface area contributed by atoms with Crippen LogP contribution in [0.1, 0.15) is 18.5 Å². The number of benzene rings is 2. The van der Waals surface area contributed by atoms with Crippen LogP contribution in [-0.2, 0) is 11.3 Å². The third-order valence-electron chi connectivity index (χ3n) is 5.54. The zero-order chi connectivity index (χ0) is 20.8. The van der Waals surface area contributed by atoms with E-state index in [1.54, 1.807) is 7.11 Å². The molecule has 2 aromatic carbocycles. The predicted octanol–water partition coefficient (Wildman–Crippen LogP) is 4.61. The average molecular weight is 402 g/mol. The third-order valence-corrected chi connectivity index (χ3v) is 5.54. The van der Waals surface area contributed by atoms with Crippen molar-refractivity contribution in [2.75, 3.05) is 25.5 Å². The van der Waals surface area contributed by atoms with Crippen LogP contribution in [0.4, 0.5) is 5.69 Å². The van der Waals surface area contributed by atoms with Gasteiger partial charge in [-0.15, -0.1) is 0 Å². The molecule has 0 bridgehead atoms. The molecule has 1 N–H and O–H groups in total. The molecule has 3 aromatic rings. The van der Waals surface area contributed by atoms with E-state index in [-0.39, 0.29) is 11.8 Å². The SMILES string of the molecule is COc1cccc(-c2ccc(NC(=O)[C@@H]3CCCN(Cc4ccccn4)C3)cc2)c1. The minimum absolute atomic E-state index is 0.000485. The van der Waals surface area contributed by atoms with Gasteiger partial charge < -0.3 is 10.1 Å². The van der Waals surface area contributed by atoms with Crippen molar-refractivity contribution in [3.05, 3.63) is 78.6 Å². The molecule has 30 heavy (non-hydrogen) atoms. The molecule has 0 aliphatic carbocycles. The van der Waals surface area contributed by atoms with Crippen LogP contribution in [0.2, 0.25) is 0 Å². The summed E-state index contributed by atoms with van der Waals surface area (Å²) in [6.45, 7) is 2.57. The number of anilines is 1. The van der Waals surface area contributed by atoms with Crippen LogP contribution in [-0.4, -0.2) is 36.0 Å². The Kier molecular flexibility index (Phi) is 6.40. The highest BCUT2D eigenvalue weighted by molar-refractivity contribution is 5.93. The van der Waals surface area contributed by atoms with Crippen LogP contribution >= 0.6 is 0 Å². The van der Waals surface area contributed by atoms with Crippen LogP contribution in [0.3, 0.4) is 0 Å². The Bertz CT molecular complexity index is 973. The molecule has 1 aromatic heterocycles. The largest absolute Gasteiger partial charge is 0.497 e. The van der Waals surface area contributed by atoms with E-state index in [1.807, 2.05) is 72.9 Å². The number of ether oxygens (including phenoxy) is 1. The lowest BCUT2D eigenvalue weighted by Gasteiger charge is -2.31. The zero-order valence-corrected chi connectivity index (χ0v) is 17.3. The third kappa shape index (κ3) is 5.05. The molecule has 154 valence electrons. The Morgan fingerprint density at radius 1 is 1.10 bits per heavy atom. The first-order valence-electron chi connectivity index (χ1n) is 10.4. The monoisotopic (exact) mass is 401 g/mol. The number of amides is 1. The molecule has 4 rings (SSSR count). The molecule has 1 atom stereocenters. The van der Waals surface area contributed by atoms with E-state index in [4.69, 9.17) is 4.74 Å². The van der Waals surface area contributed by atoms with Gasteiger partial charge >= 0.3 is 0 Å². The van der Waals surface area contributed by atoms with Gasteiger partial charge in [-0.25, -0.2) is 0 Å². The number of rotatable bonds is 6. The van der Waals surface area contributed by atoms with Crippen LogP contribution in [0, 0.1) is 5.92 Å². The van der Waals surface area contributed by atoms with Gasteiger partial charge in [0.25, 0.3) is 0 Å². The Labute approximate surface area is 177 Å². The number of pyridine rings is 1. The minimum Gasteiger partial charge on any atom is -0.497 e. The topological polar surface area (TPSA) is 54.5 Å². The quantitative estimate of drug-likeness (QED) is 0.655. The average Bonchev–Trinajstić information content (AvgIpc) is 2.80. The molecule has 5 heteroatoms. The molecule has 0 saturated carbocycles.